The molecular weight excluding hydrogens is 372 g/mol. The van der Waals surface area contributed by atoms with Crippen LogP contribution in [0.5, 0.6) is 0 Å². The Kier molecular flexibility index (Phi) is 8.79. The summed E-state index contributed by atoms with van der Waals surface area (Å²) in [5.74, 6) is 0.000257. The van der Waals surface area contributed by atoms with E-state index >= 15 is 0 Å². The van der Waals surface area contributed by atoms with Crippen LogP contribution in [0.15, 0.2) is 23.9 Å². The SMILES string of the molecule is C/C(=C/CC[C@@](C)(Cl)[C@H](O)Cc1c[nH]c(N([O-])O)c1)CC[C@@H](O)C(C)(C)O. The fourth-order valence-corrected chi connectivity index (χ4v) is 2.86. The van der Waals surface area contributed by atoms with Gasteiger partial charge >= 0.3 is 0 Å². The first kappa shape index (κ1) is 23.9. The van der Waals surface area contributed by atoms with Crippen molar-refractivity contribution in [3.05, 3.63) is 34.7 Å². The van der Waals surface area contributed by atoms with Crippen molar-refractivity contribution in [2.24, 2.45) is 0 Å². The standard InChI is InChI=1S/C19H32ClN2O5/c1-13(7-8-15(23)18(2,3)25)6-5-9-19(4,20)16(24)10-14-11-17(21-12-14)22(26)27/h6,11-12,15-16,21,23-26H,5,7-10H2,1-4H3/q-1/b13-6-/t15-,16-,19-/m1/s1. The highest BCUT2D eigenvalue weighted by atomic mass is 35.5. The Hall–Kier alpha value is -1.09. The normalized spacial score (nSPS) is 17.5. The van der Waals surface area contributed by atoms with Crippen LogP contribution in [-0.4, -0.2) is 48.2 Å². The van der Waals surface area contributed by atoms with Gasteiger partial charge in [-0.3, -0.25) is 5.21 Å². The molecule has 5 N–H and O–H groups in total. The summed E-state index contributed by atoms with van der Waals surface area (Å²) >= 11 is 6.49. The predicted molar refractivity (Wildman–Crippen MR) is 107 cm³/mol. The maximum absolute atomic E-state index is 10.8. The van der Waals surface area contributed by atoms with Crippen molar-refractivity contribution in [2.45, 2.75) is 82.5 Å². The van der Waals surface area contributed by atoms with Crippen LogP contribution in [0, 0.1) is 5.21 Å². The van der Waals surface area contributed by atoms with Crippen molar-refractivity contribution in [2.75, 3.05) is 5.23 Å². The summed E-state index contributed by atoms with van der Waals surface area (Å²) in [4.78, 5) is 1.77. The number of hydrogen-bond acceptors (Lipinski definition) is 6. The van der Waals surface area contributed by atoms with Gasteiger partial charge in [0, 0.05) is 12.6 Å². The Labute approximate surface area is 165 Å². The van der Waals surface area contributed by atoms with E-state index < -0.39 is 22.7 Å². The van der Waals surface area contributed by atoms with Crippen molar-refractivity contribution in [1.29, 1.82) is 0 Å². The van der Waals surface area contributed by atoms with E-state index in [4.69, 9.17) is 16.8 Å². The van der Waals surface area contributed by atoms with E-state index in [0.29, 0.717) is 31.2 Å². The van der Waals surface area contributed by atoms with Gasteiger partial charge in [-0.05, 0) is 65.0 Å². The van der Waals surface area contributed by atoms with Crippen molar-refractivity contribution in [1.82, 2.24) is 4.98 Å². The molecule has 27 heavy (non-hydrogen) atoms. The van der Waals surface area contributed by atoms with Crippen LogP contribution >= 0.6 is 11.6 Å². The molecule has 0 aliphatic rings. The average Bonchev–Trinajstić information content (AvgIpc) is 3.00. The number of aromatic amines is 1. The van der Waals surface area contributed by atoms with E-state index in [0.717, 1.165) is 5.57 Å². The maximum Gasteiger partial charge on any atom is 0.119 e. The van der Waals surface area contributed by atoms with Crippen molar-refractivity contribution >= 4 is 17.4 Å². The monoisotopic (exact) mass is 403 g/mol. The van der Waals surface area contributed by atoms with E-state index in [1.54, 1.807) is 27.0 Å². The van der Waals surface area contributed by atoms with Crippen LogP contribution in [0.2, 0.25) is 0 Å². The molecule has 1 heterocycles. The van der Waals surface area contributed by atoms with E-state index in [1.807, 2.05) is 13.0 Å². The summed E-state index contributed by atoms with van der Waals surface area (Å²) in [7, 11) is 0. The number of rotatable bonds is 11. The van der Waals surface area contributed by atoms with Crippen LogP contribution < -0.4 is 5.23 Å². The molecule has 3 atom stereocenters. The van der Waals surface area contributed by atoms with Gasteiger partial charge in [-0.2, -0.15) is 0 Å². The van der Waals surface area contributed by atoms with Gasteiger partial charge in [0.2, 0.25) is 0 Å². The van der Waals surface area contributed by atoms with Crippen molar-refractivity contribution < 1.29 is 20.5 Å². The second kappa shape index (κ2) is 9.91. The number of anilines is 1. The van der Waals surface area contributed by atoms with Crippen LogP contribution in [0.3, 0.4) is 0 Å². The molecule has 0 amide bonds. The fraction of sp³-hybridized carbons (Fsp3) is 0.684. The molecule has 7 nitrogen and oxygen atoms in total. The number of aliphatic hydroxyl groups is 3. The summed E-state index contributed by atoms with van der Waals surface area (Å²) in [5, 5.41) is 49.4. The summed E-state index contributed by atoms with van der Waals surface area (Å²) in [6, 6.07) is 1.46. The quantitative estimate of drug-likeness (QED) is 0.219. The molecule has 1 aromatic heterocycles. The molecule has 0 aromatic carbocycles. The Morgan fingerprint density at radius 2 is 1.96 bits per heavy atom. The summed E-state index contributed by atoms with van der Waals surface area (Å²) in [5.41, 5.74) is 0.650. The number of aromatic nitrogens is 1. The Bertz CT molecular complexity index is 607. The van der Waals surface area contributed by atoms with Crippen LogP contribution in [0.1, 0.15) is 58.9 Å². The molecule has 0 bridgehead atoms. The third-order valence-electron chi connectivity index (χ3n) is 4.81. The summed E-state index contributed by atoms with van der Waals surface area (Å²) < 4.78 is 0. The maximum atomic E-state index is 10.8. The molecule has 0 radical (unpaired) electrons. The van der Waals surface area contributed by atoms with Crippen LogP contribution in [0.25, 0.3) is 0 Å². The molecule has 0 spiro atoms. The molecular formula is C19H32ClN2O5-. The molecule has 1 rings (SSSR count). The molecule has 0 saturated carbocycles. The topological polar surface area (TPSA) is 123 Å². The molecule has 0 saturated heterocycles. The van der Waals surface area contributed by atoms with Gasteiger partial charge in [0.05, 0.1) is 22.7 Å². The highest BCUT2D eigenvalue weighted by Crippen LogP contribution is 2.29. The minimum absolute atomic E-state index is 0.000257. The third kappa shape index (κ3) is 8.21. The molecule has 156 valence electrons. The third-order valence-corrected chi connectivity index (χ3v) is 5.25. The zero-order valence-electron chi connectivity index (χ0n) is 16.4. The van der Waals surface area contributed by atoms with Crippen LogP contribution in [0.4, 0.5) is 5.82 Å². The zero-order chi connectivity index (χ0) is 20.8. The minimum Gasteiger partial charge on any atom is -0.732 e. The molecule has 0 fully saturated rings. The first-order valence-corrected chi connectivity index (χ1v) is 9.47. The Balaban J connectivity index is 2.48. The van der Waals surface area contributed by atoms with Gasteiger partial charge in [0.25, 0.3) is 0 Å². The minimum atomic E-state index is -1.11. The lowest BCUT2D eigenvalue weighted by atomic mass is 9.92. The number of nitrogens with zero attached hydrogens (tertiary/aromatic N) is 1. The van der Waals surface area contributed by atoms with Gasteiger partial charge in [-0.25, -0.2) is 0 Å². The first-order valence-electron chi connectivity index (χ1n) is 9.09. The van der Waals surface area contributed by atoms with Crippen molar-refractivity contribution in [3.63, 3.8) is 0 Å². The predicted octanol–water partition coefficient (Wildman–Crippen LogP) is 3.25. The van der Waals surface area contributed by atoms with Crippen LogP contribution in [-0.2, 0) is 6.42 Å². The first-order chi connectivity index (χ1) is 12.3. The molecule has 8 heteroatoms. The number of alkyl halides is 1. The molecule has 0 aliphatic heterocycles. The lowest BCUT2D eigenvalue weighted by Crippen LogP contribution is -2.35. The number of hydrogen-bond donors (Lipinski definition) is 5. The fourth-order valence-electron chi connectivity index (χ4n) is 2.68. The van der Waals surface area contributed by atoms with E-state index in [9.17, 15) is 20.5 Å². The van der Waals surface area contributed by atoms with Gasteiger partial charge in [-0.15, -0.1) is 11.6 Å². The number of H-pyrrole nitrogens is 1. The summed E-state index contributed by atoms with van der Waals surface area (Å²) in [6.07, 6.45) is 4.59. The molecule has 0 unspecified atom stereocenters. The summed E-state index contributed by atoms with van der Waals surface area (Å²) in [6.45, 7) is 6.89. The van der Waals surface area contributed by atoms with Gasteiger partial charge in [0.1, 0.15) is 5.82 Å². The van der Waals surface area contributed by atoms with Gasteiger partial charge in [-0.1, -0.05) is 11.6 Å². The van der Waals surface area contributed by atoms with Gasteiger partial charge < -0.3 is 30.7 Å². The number of aliphatic hydroxyl groups excluding tert-OH is 2. The van der Waals surface area contributed by atoms with E-state index in [2.05, 4.69) is 4.98 Å². The Morgan fingerprint density at radius 1 is 1.33 bits per heavy atom. The second-order valence-corrected chi connectivity index (χ2v) is 8.82. The lowest BCUT2D eigenvalue weighted by molar-refractivity contribution is -0.0509. The van der Waals surface area contributed by atoms with Gasteiger partial charge in [0.15, 0.2) is 0 Å². The molecule has 1 aromatic rings. The molecule has 0 aliphatic carbocycles. The smallest absolute Gasteiger partial charge is 0.119 e. The number of nitrogens with one attached hydrogen (secondary N) is 1. The second-order valence-electron chi connectivity index (χ2n) is 7.96. The Morgan fingerprint density at radius 3 is 2.48 bits per heavy atom. The highest BCUT2D eigenvalue weighted by molar-refractivity contribution is 6.24. The average molecular weight is 404 g/mol. The number of halogens is 1. The zero-order valence-corrected chi connectivity index (χ0v) is 17.2. The number of allylic oxidation sites excluding steroid dienone is 2. The van der Waals surface area contributed by atoms with E-state index in [1.165, 1.54) is 6.07 Å². The van der Waals surface area contributed by atoms with Crippen molar-refractivity contribution in [3.8, 4) is 0 Å². The largest absolute Gasteiger partial charge is 0.732 e. The highest BCUT2D eigenvalue weighted by Gasteiger charge is 2.30. The lowest BCUT2D eigenvalue weighted by Gasteiger charge is -2.28. The van der Waals surface area contributed by atoms with E-state index in [-0.39, 0.29) is 17.5 Å².